The van der Waals surface area contributed by atoms with E-state index in [-0.39, 0.29) is 24.7 Å². The first-order valence-electron chi connectivity index (χ1n) is 18.1. The molecule has 0 saturated heterocycles. The summed E-state index contributed by atoms with van der Waals surface area (Å²) in [5, 5.41) is 0. The van der Waals surface area contributed by atoms with Crippen LogP contribution in [0.5, 0.6) is 0 Å². The number of hydrogen-bond donors (Lipinski definition) is 0. The second-order valence-corrected chi connectivity index (χ2v) is 24.2. The Morgan fingerprint density at radius 3 is 1.22 bits per heavy atom. The van der Waals surface area contributed by atoms with E-state index in [0.717, 1.165) is 0 Å². The van der Waals surface area contributed by atoms with Crippen LogP contribution < -0.4 is 0 Å². The molecule has 7 aromatic rings. The zero-order valence-electron chi connectivity index (χ0n) is 32.2. The first-order chi connectivity index (χ1) is 30.3. The number of aryl methyl sites for hydroxylation is 1. The summed E-state index contributed by atoms with van der Waals surface area (Å²) < 4.78 is 210. The fraction of sp³-hybridized carbons (Fsp3) is 0.0455. The van der Waals surface area contributed by atoms with Crippen LogP contribution in [0, 0.1) is 72.2 Å². The van der Waals surface area contributed by atoms with Crippen LogP contribution in [-0.2, 0) is 32.8 Å². The van der Waals surface area contributed by atoms with Gasteiger partial charge in [0.1, 0.15) is 0 Å². The molecule has 0 atom stereocenters. The van der Waals surface area contributed by atoms with Crippen molar-refractivity contribution in [2.75, 3.05) is 0 Å². The molecule has 6 nitrogen and oxygen atoms in total. The Morgan fingerprint density at radius 1 is 0.422 bits per heavy atom. The molecule has 334 valence electrons. The third-order valence-corrected chi connectivity index (χ3v) is 22.3. The summed E-state index contributed by atoms with van der Waals surface area (Å²) in [6.45, 7) is 1.61. The number of benzene rings is 7. The maximum absolute atomic E-state index is 15.1. The summed E-state index contributed by atoms with van der Waals surface area (Å²) in [5.74, 6) is -25.4. The predicted octanol–water partition coefficient (Wildman–Crippen LogP) is 12.4. The average molecular weight is 1060 g/mol. The van der Waals surface area contributed by atoms with Gasteiger partial charge in [0, 0.05) is 0 Å². The fourth-order valence-corrected chi connectivity index (χ4v) is 19.0. The van der Waals surface area contributed by atoms with Crippen LogP contribution in [0.3, 0.4) is 0 Å². The predicted molar refractivity (Wildman–Crippen MR) is 223 cm³/mol. The van der Waals surface area contributed by atoms with E-state index in [1.54, 1.807) is 61.5 Å². The van der Waals surface area contributed by atoms with Gasteiger partial charge < -0.3 is 0 Å². The summed E-state index contributed by atoms with van der Waals surface area (Å²) in [6, 6.07) is 33.6. The van der Waals surface area contributed by atoms with Gasteiger partial charge in [-0.05, 0) is 0 Å². The van der Waals surface area contributed by atoms with Gasteiger partial charge >= 0.3 is 270 Å². The molecule has 0 aromatic heterocycles. The van der Waals surface area contributed by atoms with E-state index in [1.807, 2.05) is 0 Å². The van der Waals surface area contributed by atoms with E-state index in [1.165, 1.54) is 78.9 Å². The first kappa shape index (κ1) is 46.7. The second kappa shape index (κ2) is 18.3. The van der Waals surface area contributed by atoms with Crippen molar-refractivity contribution in [3.8, 4) is 0 Å². The molecule has 0 heterocycles. The molecule has 0 radical (unpaired) electrons. The van der Waals surface area contributed by atoms with E-state index in [0.29, 0.717) is 20.3 Å². The third-order valence-electron chi connectivity index (χ3n) is 9.36. The SMILES string of the molecule is Cc1ccccc1I(OS(=O)(=O)c1c(F)c(F)c(F)c(F)c1F)c1ccc(Cc2ccc(S(OS(=O)(=O)c3c(F)c(F)c(F)c(F)c3F)(c3ccccc3)c3ccccc3)cc2)cc1. The van der Waals surface area contributed by atoms with Crippen LogP contribution in [0.15, 0.2) is 158 Å². The topological polar surface area (TPSA) is 86.7 Å². The van der Waals surface area contributed by atoms with Gasteiger partial charge in [0.2, 0.25) is 5.82 Å². The number of hydrogen-bond acceptors (Lipinski definition) is 6. The van der Waals surface area contributed by atoms with Gasteiger partial charge in [0.15, 0.2) is 28.2 Å². The minimum atomic E-state index is -5.80. The zero-order valence-corrected chi connectivity index (χ0v) is 36.8. The molecule has 0 bridgehead atoms. The van der Waals surface area contributed by atoms with Gasteiger partial charge in [-0.1, -0.05) is 36.4 Å². The molecule has 20 heteroatoms. The molecule has 0 amide bonds. The molecule has 0 aliphatic heterocycles. The molecule has 0 aliphatic rings. The molecule has 0 unspecified atom stereocenters. The molecule has 7 rings (SSSR count). The molecule has 0 fully saturated rings. The van der Waals surface area contributed by atoms with Crippen LogP contribution in [-0.4, -0.2) is 16.8 Å². The Labute approximate surface area is 368 Å². The van der Waals surface area contributed by atoms with Crippen molar-refractivity contribution in [1.29, 1.82) is 0 Å². The molecule has 7 aromatic carbocycles. The van der Waals surface area contributed by atoms with Gasteiger partial charge in [0.05, 0.1) is 0 Å². The fourth-order valence-electron chi connectivity index (χ4n) is 6.32. The zero-order chi connectivity index (χ0) is 46.3. The number of rotatable bonds is 13. The van der Waals surface area contributed by atoms with E-state index >= 15 is 8.78 Å². The van der Waals surface area contributed by atoms with Gasteiger partial charge in [-0.15, -0.1) is 0 Å². The second-order valence-electron chi connectivity index (χ2n) is 13.5. The Balaban J connectivity index is 1.25. The standard InChI is InChI=1S/C44H27F10IO6S3/c1-25-10-8-9-15-32(25)55(60-63(56,57)43-39(51)35(47)33(45)36(48)40(43)52)28-20-16-26(17-21-28)24-27-18-22-31(23-19-27)62(29-11-4-2-5-12-29,30-13-6-3-7-14-30)61-64(58,59)44-41(53)37(49)34(46)38(50)42(44)54/h2-23H,24H2,1H3. The van der Waals surface area contributed by atoms with Crippen molar-refractivity contribution in [2.45, 2.75) is 37.8 Å². The van der Waals surface area contributed by atoms with Gasteiger partial charge in [0.25, 0.3) is 0 Å². The Bertz CT molecular complexity index is 3030. The van der Waals surface area contributed by atoms with Crippen molar-refractivity contribution >= 4 is 50.8 Å². The Morgan fingerprint density at radius 2 is 0.781 bits per heavy atom. The summed E-state index contributed by atoms with van der Waals surface area (Å²) in [6.07, 6.45) is 0.158. The van der Waals surface area contributed by atoms with Crippen molar-refractivity contribution in [3.63, 3.8) is 0 Å². The van der Waals surface area contributed by atoms with Crippen LogP contribution in [0.25, 0.3) is 0 Å². The molecule has 64 heavy (non-hydrogen) atoms. The van der Waals surface area contributed by atoms with Gasteiger partial charge in [-0.2, -0.15) is 8.42 Å². The van der Waals surface area contributed by atoms with Crippen LogP contribution in [0.1, 0.15) is 16.7 Å². The monoisotopic (exact) mass is 1060 g/mol. The quantitative estimate of drug-likeness (QED) is 0.0495. The first-order valence-corrected chi connectivity index (χ1v) is 25.5. The summed E-state index contributed by atoms with van der Waals surface area (Å²) in [7, 11) is -15.0. The van der Waals surface area contributed by atoms with Crippen LogP contribution >= 0.6 is 30.5 Å². The van der Waals surface area contributed by atoms with Crippen LogP contribution in [0.2, 0.25) is 0 Å². The Hall–Kier alpha value is -5.26. The van der Waals surface area contributed by atoms with Gasteiger partial charge in [-0.3, -0.25) is 0 Å². The van der Waals surface area contributed by atoms with Crippen molar-refractivity contribution in [2.24, 2.45) is 0 Å². The molecule has 0 saturated carbocycles. The van der Waals surface area contributed by atoms with E-state index in [2.05, 4.69) is 0 Å². The van der Waals surface area contributed by atoms with Crippen molar-refractivity contribution in [1.82, 2.24) is 0 Å². The van der Waals surface area contributed by atoms with Crippen molar-refractivity contribution < 1.29 is 66.9 Å². The van der Waals surface area contributed by atoms with E-state index < -0.39 is 119 Å². The normalized spacial score (nSPS) is 12.6. The summed E-state index contributed by atoms with van der Waals surface area (Å²) in [5.41, 5.74) is 1.68. The molecule has 0 aliphatic carbocycles. The molecule has 0 N–H and O–H groups in total. The maximum atomic E-state index is 15.1. The van der Waals surface area contributed by atoms with Gasteiger partial charge in [-0.25, -0.2) is 22.0 Å². The van der Waals surface area contributed by atoms with E-state index in [9.17, 15) is 52.0 Å². The van der Waals surface area contributed by atoms with Crippen LogP contribution in [0.4, 0.5) is 43.9 Å². The molecule has 0 spiro atoms. The Kier molecular flexibility index (Phi) is 13.4. The number of halogens is 11. The average Bonchev–Trinajstić information content (AvgIpc) is 3.28. The summed E-state index contributed by atoms with van der Waals surface area (Å²) >= 11 is -3.79. The summed E-state index contributed by atoms with van der Waals surface area (Å²) in [4.78, 5) is -3.87. The molecular formula is C44H27F10IO6S3. The molecular weight excluding hydrogens is 1040 g/mol. The third kappa shape index (κ3) is 8.65. The minimum absolute atomic E-state index is 0.122. The van der Waals surface area contributed by atoms with E-state index in [4.69, 9.17) is 6.14 Å². The van der Waals surface area contributed by atoms with Crippen molar-refractivity contribution in [3.05, 3.63) is 215 Å².